The summed E-state index contributed by atoms with van der Waals surface area (Å²) in [6, 6.07) is 28.6. The maximum absolute atomic E-state index is 5.86. The lowest BCUT2D eigenvalue weighted by molar-refractivity contribution is 0.306. The zero-order valence-electron chi connectivity index (χ0n) is 13.8. The van der Waals surface area contributed by atoms with Crippen molar-refractivity contribution in [1.82, 2.24) is 0 Å². The number of rotatable bonds is 6. The molecule has 0 heterocycles. The lowest BCUT2D eigenvalue weighted by Crippen LogP contribution is -1.96. The lowest BCUT2D eigenvalue weighted by Gasteiger charge is -2.08. The molecular formula is C22H21NO. The van der Waals surface area contributed by atoms with Gasteiger partial charge in [-0.3, -0.25) is 4.99 Å². The number of ether oxygens (including phenoxy) is 1. The SMILES string of the molecule is C[C@H](/N=C/c1cccc(OCc2ccccc2)c1)c1ccccc1. The molecule has 0 N–H and O–H groups in total. The fraction of sp³-hybridized carbons (Fsp3) is 0.136. The van der Waals surface area contributed by atoms with Gasteiger partial charge in [-0.25, -0.2) is 0 Å². The van der Waals surface area contributed by atoms with Crippen LogP contribution in [-0.4, -0.2) is 6.21 Å². The van der Waals surface area contributed by atoms with Crippen LogP contribution in [0.25, 0.3) is 0 Å². The molecule has 3 aromatic rings. The van der Waals surface area contributed by atoms with E-state index in [0.717, 1.165) is 16.9 Å². The molecule has 24 heavy (non-hydrogen) atoms. The maximum Gasteiger partial charge on any atom is 0.120 e. The summed E-state index contributed by atoms with van der Waals surface area (Å²) in [6.45, 7) is 2.67. The van der Waals surface area contributed by atoms with Gasteiger partial charge in [0, 0.05) is 6.21 Å². The van der Waals surface area contributed by atoms with Crippen molar-refractivity contribution >= 4 is 6.21 Å². The highest BCUT2D eigenvalue weighted by molar-refractivity contribution is 5.80. The lowest BCUT2D eigenvalue weighted by atomic mass is 10.1. The van der Waals surface area contributed by atoms with Crippen LogP contribution in [0.3, 0.4) is 0 Å². The third kappa shape index (κ3) is 4.56. The Labute approximate surface area is 143 Å². The van der Waals surface area contributed by atoms with E-state index < -0.39 is 0 Å². The average Bonchev–Trinajstić information content (AvgIpc) is 2.66. The Morgan fingerprint density at radius 1 is 0.875 bits per heavy atom. The van der Waals surface area contributed by atoms with Gasteiger partial charge in [-0.2, -0.15) is 0 Å². The first-order valence-electron chi connectivity index (χ1n) is 8.16. The van der Waals surface area contributed by atoms with Crippen molar-refractivity contribution in [2.75, 3.05) is 0 Å². The summed E-state index contributed by atoms with van der Waals surface area (Å²) in [5.74, 6) is 0.857. The summed E-state index contributed by atoms with van der Waals surface area (Å²) in [5.41, 5.74) is 3.42. The first kappa shape index (κ1) is 16.0. The minimum Gasteiger partial charge on any atom is -0.489 e. The van der Waals surface area contributed by atoms with Gasteiger partial charge in [0.15, 0.2) is 0 Å². The second-order valence-electron chi connectivity index (χ2n) is 5.71. The van der Waals surface area contributed by atoms with E-state index in [1.54, 1.807) is 0 Å². The molecule has 120 valence electrons. The van der Waals surface area contributed by atoms with E-state index >= 15 is 0 Å². The molecule has 0 saturated heterocycles. The van der Waals surface area contributed by atoms with E-state index in [-0.39, 0.29) is 6.04 Å². The molecule has 0 radical (unpaired) electrons. The van der Waals surface area contributed by atoms with Crippen molar-refractivity contribution in [1.29, 1.82) is 0 Å². The summed E-state index contributed by atoms with van der Waals surface area (Å²) in [5, 5.41) is 0. The Morgan fingerprint density at radius 2 is 1.58 bits per heavy atom. The number of nitrogens with zero attached hydrogens (tertiary/aromatic N) is 1. The van der Waals surface area contributed by atoms with Crippen LogP contribution in [0, 0.1) is 0 Å². The predicted molar refractivity (Wildman–Crippen MR) is 99.7 cm³/mol. The molecule has 0 aliphatic carbocycles. The predicted octanol–water partition coefficient (Wildman–Crippen LogP) is 5.45. The van der Waals surface area contributed by atoms with Gasteiger partial charge in [0.25, 0.3) is 0 Å². The zero-order valence-corrected chi connectivity index (χ0v) is 13.8. The van der Waals surface area contributed by atoms with Crippen molar-refractivity contribution in [3.63, 3.8) is 0 Å². The fourth-order valence-electron chi connectivity index (χ4n) is 2.44. The van der Waals surface area contributed by atoms with E-state index in [9.17, 15) is 0 Å². The summed E-state index contributed by atoms with van der Waals surface area (Å²) in [4.78, 5) is 4.64. The Morgan fingerprint density at radius 3 is 2.33 bits per heavy atom. The molecule has 0 amide bonds. The van der Waals surface area contributed by atoms with Crippen LogP contribution >= 0.6 is 0 Å². The first-order valence-corrected chi connectivity index (χ1v) is 8.16. The van der Waals surface area contributed by atoms with Crippen LogP contribution in [-0.2, 0) is 6.61 Å². The molecule has 2 heteroatoms. The smallest absolute Gasteiger partial charge is 0.120 e. The third-order valence-corrected chi connectivity index (χ3v) is 3.84. The van der Waals surface area contributed by atoms with Gasteiger partial charge in [-0.05, 0) is 35.7 Å². The Balaban J connectivity index is 1.63. The van der Waals surface area contributed by atoms with Gasteiger partial charge in [-0.15, -0.1) is 0 Å². The van der Waals surface area contributed by atoms with Crippen LogP contribution in [0.2, 0.25) is 0 Å². The van der Waals surface area contributed by atoms with Gasteiger partial charge in [-0.1, -0.05) is 72.8 Å². The van der Waals surface area contributed by atoms with Crippen molar-refractivity contribution in [2.24, 2.45) is 4.99 Å². The van der Waals surface area contributed by atoms with Crippen LogP contribution in [0.15, 0.2) is 89.9 Å². The molecule has 0 aliphatic heterocycles. The van der Waals surface area contributed by atoms with Crippen molar-refractivity contribution < 1.29 is 4.74 Å². The molecule has 3 rings (SSSR count). The van der Waals surface area contributed by atoms with Crippen LogP contribution in [0.4, 0.5) is 0 Å². The Kier molecular flexibility index (Phi) is 5.41. The van der Waals surface area contributed by atoms with Crippen molar-refractivity contribution in [2.45, 2.75) is 19.6 Å². The quantitative estimate of drug-likeness (QED) is 0.555. The number of hydrogen-bond donors (Lipinski definition) is 0. The molecule has 0 aliphatic rings. The molecular weight excluding hydrogens is 294 g/mol. The van der Waals surface area contributed by atoms with E-state index in [4.69, 9.17) is 4.74 Å². The second-order valence-corrected chi connectivity index (χ2v) is 5.71. The average molecular weight is 315 g/mol. The largest absolute Gasteiger partial charge is 0.489 e. The Bertz CT molecular complexity index is 781. The van der Waals surface area contributed by atoms with Crippen molar-refractivity contribution in [3.05, 3.63) is 102 Å². The third-order valence-electron chi connectivity index (χ3n) is 3.84. The van der Waals surface area contributed by atoms with Gasteiger partial charge in [0.1, 0.15) is 12.4 Å². The first-order chi connectivity index (χ1) is 11.8. The highest BCUT2D eigenvalue weighted by Gasteiger charge is 2.01. The number of hydrogen-bond acceptors (Lipinski definition) is 2. The molecule has 0 fully saturated rings. The molecule has 0 spiro atoms. The van der Waals surface area contributed by atoms with Gasteiger partial charge in [0.05, 0.1) is 6.04 Å². The van der Waals surface area contributed by atoms with Crippen LogP contribution in [0.1, 0.15) is 29.7 Å². The van der Waals surface area contributed by atoms with Crippen LogP contribution in [0.5, 0.6) is 5.75 Å². The minimum atomic E-state index is 0.139. The van der Waals surface area contributed by atoms with Gasteiger partial charge in [0.2, 0.25) is 0 Å². The summed E-state index contributed by atoms with van der Waals surface area (Å²) >= 11 is 0. The molecule has 0 unspecified atom stereocenters. The summed E-state index contributed by atoms with van der Waals surface area (Å²) < 4.78 is 5.86. The molecule has 0 bridgehead atoms. The second kappa shape index (κ2) is 8.11. The van der Waals surface area contributed by atoms with Gasteiger partial charge >= 0.3 is 0 Å². The standard InChI is InChI=1S/C22H21NO/c1-18(21-12-6-3-7-13-21)23-16-20-11-8-14-22(15-20)24-17-19-9-4-2-5-10-19/h2-16,18H,17H2,1H3/b23-16+/t18-/m0/s1. The number of aliphatic imine (C=N–C) groups is 1. The molecule has 0 saturated carbocycles. The summed E-state index contributed by atoms with van der Waals surface area (Å²) in [7, 11) is 0. The molecule has 1 atom stereocenters. The highest BCUT2D eigenvalue weighted by Crippen LogP contribution is 2.17. The monoisotopic (exact) mass is 315 g/mol. The highest BCUT2D eigenvalue weighted by atomic mass is 16.5. The van der Waals surface area contributed by atoms with E-state index in [2.05, 4.69) is 36.2 Å². The number of benzene rings is 3. The molecule has 0 aromatic heterocycles. The van der Waals surface area contributed by atoms with E-state index in [1.807, 2.05) is 66.9 Å². The Hall–Kier alpha value is -2.87. The molecule has 2 nitrogen and oxygen atoms in total. The normalized spacial score (nSPS) is 12.2. The van der Waals surface area contributed by atoms with Crippen LogP contribution < -0.4 is 4.74 Å². The van der Waals surface area contributed by atoms with Crippen molar-refractivity contribution in [3.8, 4) is 5.75 Å². The van der Waals surface area contributed by atoms with E-state index in [1.165, 1.54) is 5.56 Å². The summed E-state index contributed by atoms with van der Waals surface area (Å²) in [6.07, 6.45) is 1.91. The fourth-order valence-corrected chi connectivity index (χ4v) is 2.44. The van der Waals surface area contributed by atoms with Gasteiger partial charge < -0.3 is 4.74 Å². The topological polar surface area (TPSA) is 21.6 Å². The van der Waals surface area contributed by atoms with E-state index in [0.29, 0.717) is 6.61 Å². The maximum atomic E-state index is 5.86. The minimum absolute atomic E-state index is 0.139. The molecule has 3 aromatic carbocycles. The zero-order chi connectivity index (χ0) is 16.6.